The fourth-order valence-corrected chi connectivity index (χ4v) is 4.98. The average Bonchev–Trinajstić information content (AvgIpc) is 3.59. The summed E-state index contributed by atoms with van der Waals surface area (Å²) in [5.74, 6) is 0.954. The Hall–Kier alpha value is -4.65. The first-order valence-electron chi connectivity index (χ1n) is 13.2. The van der Waals surface area contributed by atoms with E-state index in [0.717, 1.165) is 32.9 Å². The van der Waals surface area contributed by atoms with E-state index in [-0.39, 0.29) is 6.73 Å². The highest BCUT2D eigenvalue weighted by Crippen LogP contribution is 2.29. The van der Waals surface area contributed by atoms with Crippen LogP contribution in [0.25, 0.3) is 22.1 Å². The number of hydrogen-bond donors (Lipinski definition) is 0. The Labute approximate surface area is 256 Å². The van der Waals surface area contributed by atoms with Gasteiger partial charge >= 0.3 is 0 Å². The Kier molecular flexibility index (Phi) is 10.1. The number of carbonyl (C=O) groups excluding carboxylic acids is 1. The Balaban J connectivity index is 0.000000171. The van der Waals surface area contributed by atoms with Crippen molar-refractivity contribution in [1.82, 2.24) is 29.1 Å². The molecule has 0 bridgehead atoms. The Morgan fingerprint density at radius 3 is 1.70 bits per heavy atom. The number of aldehydes is 1. The second kappa shape index (κ2) is 14.5. The van der Waals surface area contributed by atoms with E-state index in [2.05, 4.69) is 35.9 Å². The van der Waals surface area contributed by atoms with Crippen molar-refractivity contribution in [2.24, 2.45) is 0 Å². The normalized spacial score (nSPS) is 10.9. The molecule has 0 radical (unpaired) electrons. The molecule has 0 saturated carbocycles. The lowest BCUT2D eigenvalue weighted by Gasteiger charge is -2.08. The summed E-state index contributed by atoms with van der Waals surface area (Å²) >= 11 is 3.50. The summed E-state index contributed by atoms with van der Waals surface area (Å²) in [5.41, 5.74) is 5.54. The fourth-order valence-electron chi connectivity index (χ4n) is 4.45. The highest BCUT2D eigenvalue weighted by atomic mass is 79.9. The molecule has 0 unspecified atom stereocenters. The number of ether oxygens (including phenoxy) is 4. The lowest BCUT2D eigenvalue weighted by atomic mass is 10.2. The minimum atomic E-state index is 0.281. The molecule has 2 aromatic carbocycles. The third-order valence-corrected chi connectivity index (χ3v) is 6.99. The summed E-state index contributed by atoms with van der Waals surface area (Å²) in [6, 6.07) is 19.9. The number of methoxy groups -OCH3 is 2. The van der Waals surface area contributed by atoms with Gasteiger partial charge < -0.3 is 28.1 Å². The van der Waals surface area contributed by atoms with Crippen LogP contribution in [0.3, 0.4) is 0 Å². The molecule has 220 valence electrons. The van der Waals surface area contributed by atoms with Crippen LogP contribution in [-0.2, 0) is 36.1 Å². The second-order valence-electron chi connectivity index (χ2n) is 9.21. The number of benzene rings is 2. The first-order valence-corrected chi connectivity index (χ1v) is 14.0. The first kappa shape index (κ1) is 29.8. The zero-order chi connectivity index (χ0) is 30.0. The average molecular weight is 646 g/mol. The topological polar surface area (TPSA) is 115 Å². The van der Waals surface area contributed by atoms with Gasteiger partial charge in [0.1, 0.15) is 48.2 Å². The lowest BCUT2D eigenvalue weighted by molar-refractivity contribution is 0.0664. The van der Waals surface area contributed by atoms with Crippen LogP contribution in [0.5, 0.6) is 11.8 Å². The Bertz CT molecular complexity index is 1790. The molecule has 0 amide bonds. The minimum Gasteiger partial charge on any atom is -0.479 e. The molecule has 0 saturated heterocycles. The number of fused-ring (bicyclic) bond motifs is 2. The molecule has 0 N–H and O–H groups in total. The Morgan fingerprint density at radius 1 is 0.698 bits per heavy atom. The van der Waals surface area contributed by atoms with Gasteiger partial charge in [-0.2, -0.15) is 9.97 Å². The van der Waals surface area contributed by atoms with E-state index in [1.807, 2.05) is 71.4 Å². The number of rotatable bonds is 11. The van der Waals surface area contributed by atoms with Gasteiger partial charge in [-0.25, -0.2) is 9.97 Å². The lowest BCUT2D eigenvalue weighted by Crippen LogP contribution is -2.03. The molecule has 0 aliphatic carbocycles. The van der Waals surface area contributed by atoms with E-state index in [9.17, 15) is 4.79 Å². The maximum Gasteiger partial charge on any atom is 0.241 e. The first-order chi connectivity index (χ1) is 21.1. The molecule has 0 aliphatic rings. The van der Waals surface area contributed by atoms with Crippen molar-refractivity contribution >= 4 is 44.3 Å². The van der Waals surface area contributed by atoms with E-state index < -0.39 is 0 Å². The highest BCUT2D eigenvalue weighted by Gasteiger charge is 2.15. The predicted octanol–water partition coefficient (Wildman–Crippen LogP) is 5.80. The van der Waals surface area contributed by atoms with E-state index in [1.54, 1.807) is 17.9 Å². The Morgan fingerprint density at radius 2 is 1.19 bits per heavy atom. The van der Waals surface area contributed by atoms with Crippen LogP contribution >= 0.6 is 15.9 Å². The van der Waals surface area contributed by atoms with Gasteiger partial charge in [0.2, 0.25) is 11.8 Å². The van der Waals surface area contributed by atoms with Gasteiger partial charge in [-0.05, 0) is 27.1 Å². The zero-order valence-electron chi connectivity index (χ0n) is 23.6. The number of nitrogens with zero attached hydrogens (tertiary/aromatic N) is 6. The van der Waals surface area contributed by atoms with Gasteiger partial charge in [0.25, 0.3) is 0 Å². The molecule has 0 spiro atoms. The van der Waals surface area contributed by atoms with Crippen molar-refractivity contribution in [3.8, 4) is 11.8 Å². The summed E-state index contributed by atoms with van der Waals surface area (Å²) in [6.45, 7) is 1.71. The SMILES string of the molecule is COc1ncnc2c(Br)cn(COCc3ccccc3)c12.COc1ncnc2c(C=O)cn(COCc3ccccc3)c12. The molecule has 12 heteroatoms. The summed E-state index contributed by atoms with van der Waals surface area (Å²) in [6.07, 6.45) is 7.25. The van der Waals surface area contributed by atoms with Crippen molar-refractivity contribution in [3.05, 3.63) is 107 Å². The van der Waals surface area contributed by atoms with Crippen LogP contribution in [0.1, 0.15) is 21.5 Å². The molecule has 0 atom stereocenters. The van der Waals surface area contributed by atoms with Gasteiger partial charge in [-0.15, -0.1) is 0 Å². The molecule has 4 aromatic heterocycles. The van der Waals surface area contributed by atoms with Gasteiger partial charge in [-0.3, -0.25) is 4.79 Å². The summed E-state index contributed by atoms with van der Waals surface area (Å²) in [7, 11) is 3.13. The van der Waals surface area contributed by atoms with Gasteiger partial charge in [0.05, 0.1) is 37.5 Å². The van der Waals surface area contributed by atoms with Crippen molar-refractivity contribution in [3.63, 3.8) is 0 Å². The fraction of sp³-hybridized carbons (Fsp3) is 0.194. The molecular formula is C31H29BrN6O5. The maximum atomic E-state index is 11.2. The van der Waals surface area contributed by atoms with Crippen molar-refractivity contribution < 1.29 is 23.7 Å². The second-order valence-corrected chi connectivity index (χ2v) is 10.1. The molecular weight excluding hydrogens is 616 g/mol. The highest BCUT2D eigenvalue weighted by molar-refractivity contribution is 9.10. The number of hydrogen-bond acceptors (Lipinski definition) is 9. The standard InChI is InChI=1S/C16H15N3O3.C15H14BrN3O2/c1-21-16-15-14(17-10-18-16)13(8-20)7-19(15)11-22-9-12-5-3-2-4-6-12;1-20-15-14-13(17-9-18-15)12(16)7-19(14)10-21-8-11-5-3-2-4-6-11/h2-8,10H,9,11H2,1H3;2-7,9H,8,10H2,1H3. The smallest absolute Gasteiger partial charge is 0.241 e. The molecule has 0 fully saturated rings. The molecule has 43 heavy (non-hydrogen) atoms. The van der Waals surface area contributed by atoms with Crippen LogP contribution in [0.2, 0.25) is 0 Å². The van der Waals surface area contributed by atoms with E-state index in [1.165, 1.54) is 19.8 Å². The van der Waals surface area contributed by atoms with E-state index in [0.29, 0.717) is 48.3 Å². The summed E-state index contributed by atoms with van der Waals surface area (Å²) in [4.78, 5) is 27.8. The van der Waals surface area contributed by atoms with Gasteiger partial charge in [-0.1, -0.05) is 60.7 Å². The van der Waals surface area contributed by atoms with Crippen LogP contribution < -0.4 is 9.47 Å². The maximum absolute atomic E-state index is 11.2. The monoisotopic (exact) mass is 644 g/mol. The van der Waals surface area contributed by atoms with E-state index in [4.69, 9.17) is 18.9 Å². The van der Waals surface area contributed by atoms with Gasteiger partial charge in [0, 0.05) is 12.4 Å². The quantitative estimate of drug-likeness (QED) is 0.161. The van der Waals surface area contributed by atoms with Crippen LogP contribution in [0.4, 0.5) is 0 Å². The van der Waals surface area contributed by atoms with Crippen molar-refractivity contribution in [1.29, 1.82) is 0 Å². The third kappa shape index (κ3) is 7.05. The largest absolute Gasteiger partial charge is 0.479 e. The van der Waals surface area contributed by atoms with Crippen LogP contribution in [0.15, 0.2) is 90.2 Å². The molecule has 4 heterocycles. The molecule has 6 aromatic rings. The summed E-state index contributed by atoms with van der Waals surface area (Å²) in [5, 5.41) is 0. The predicted molar refractivity (Wildman–Crippen MR) is 164 cm³/mol. The van der Waals surface area contributed by atoms with Crippen LogP contribution in [-0.4, -0.2) is 49.6 Å². The summed E-state index contributed by atoms with van der Waals surface area (Å²) < 4.78 is 26.6. The van der Waals surface area contributed by atoms with E-state index >= 15 is 0 Å². The molecule has 11 nitrogen and oxygen atoms in total. The molecule has 0 aliphatic heterocycles. The zero-order valence-corrected chi connectivity index (χ0v) is 25.2. The van der Waals surface area contributed by atoms with Crippen molar-refractivity contribution in [2.75, 3.05) is 14.2 Å². The molecule has 6 rings (SSSR count). The van der Waals surface area contributed by atoms with Crippen LogP contribution in [0, 0.1) is 0 Å². The number of carbonyl (C=O) groups is 1. The number of aromatic nitrogens is 6. The number of halogens is 1. The minimum absolute atomic E-state index is 0.281. The van der Waals surface area contributed by atoms with Gasteiger partial charge in [0.15, 0.2) is 6.29 Å². The third-order valence-electron chi connectivity index (χ3n) is 6.41. The van der Waals surface area contributed by atoms with Crippen molar-refractivity contribution in [2.45, 2.75) is 26.7 Å².